The van der Waals surface area contributed by atoms with Gasteiger partial charge in [-0.1, -0.05) is 35.5 Å². The largest absolute Gasteiger partial charge is 0.289 e. The molecule has 0 spiro atoms. The van der Waals surface area contributed by atoms with E-state index in [1.54, 1.807) is 23.9 Å². The summed E-state index contributed by atoms with van der Waals surface area (Å²) in [6, 6.07) is 9.28. The van der Waals surface area contributed by atoms with Gasteiger partial charge in [-0.3, -0.25) is 4.79 Å². The van der Waals surface area contributed by atoms with Gasteiger partial charge in [0.2, 0.25) is 0 Å². The number of carbonyl (C=O) groups is 1. The van der Waals surface area contributed by atoms with E-state index in [1.165, 1.54) is 17.8 Å². The monoisotopic (exact) mass is 256 g/mol. The zero-order valence-corrected chi connectivity index (χ0v) is 10.7. The van der Waals surface area contributed by atoms with E-state index in [0.29, 0.717) is 10.7 Å². The first-order valence-corrected chi connectivity index (χ1v) is 6.35. The van der Waals surface area contributed by atoms with E-state index in [2.05, 4.69) is 9.97 Å². The minimum atomic E-state index is -0.0119. The molecule has 0 amide bonds. The Morgan fingerprint density at radius 1 is 1.22 bits per heavy atom. The molecule has 2 aromatic rings. The smallest absolute Gasteiger partial charge is 0.191 e. The molecule has 1 heterocycles. The lowest BCUT2D eigenvalue weighted by atomic mass is 10.1. The molecule has 18 heavy (non-hydrogen) atoms. The van der Waals surface area contributed by atoms with Crippen LogP contribution in [0.5, 0.6) is 0 Å². The molecule has 0 atom stereocenters. The van der Waals surface area contributed by atoms with Crippen molar-refractivity contribution < 1.29 is 4.79 Å². The molecule has 2 rings (SSSR count). The molecule has 0 radical (unpaired) electrons. The summed E-state index contributed by atoms with van der Waals surface area (Å²) < 4.78 is 0. The predicted molar refractivity (Wildman–Crippen MR) is 72.5 cm³/mol. The van der Waals surface area contributed by atoms with E-state index >= 15 is 0 Å². The Kier molecular flexibility index (Phi) is 4.25. The van der Waals surface area contributed by atoms with Gasteiger partial charge in [0.05, 0.1) is 0 Å². The van der Waals surface area contributed by atoms with Crippen LogP contribution in [0.1, 0.15) is 15.9 Å². The molecule has 1 aromatic heterocycles. The summed E-state index contributed by atoms with van der Waals surface area (Å²) in [5.74, 6) is -0.0119. The van der Waals surface area contributed by atoms with E-state index in [0.717, 1.165) is 5.56 Å². The zero-order chi connectivity index (χ0) is 12.8. The summed E-state index contributed by atoms with van der Waals surface area (Å²) in [6.45, 7) is 1.97. The predicted octanol–water partition coefficient (Wildman–Crippen LogP) is 3.27. The lowest BCUT2D eigenvalue weighted by Crippen LogP contribution is -1.93. The number of aromatic nitrogens is 2. The SMILES string of the molecule is Cc1cccc(C(=O)C=CSc2ncccn2)c1. The Balaban J connectivity index is 1.99. The summed E-state index contributed by atoms with van der Waals surface area (Å²) in [6.07, 6.45) is 4.88. The number of thioether (sulfide) groups is 1. The van der Waals surface area contributed by atoms with Crippen LogP contribution in [-0.2, 0) is 0 Å². The number of rotatable bonds is 4. The highest BCUT2D eigenvalue weighted by atomic mass is 32.2. The van der Waals surface area contributed by atoms with Gasteiger partial charge in [-0.2, -0.15) is 0 Å². The van der Waals surface area contributed by atoms with Crippen molar-refractivity contribution in [2.75, 3.05) is 0 Å². The van der Waals surface area contributed by atoms with Crippen LogP contribution in [0.4, 0.5) is 0 Å². The fourth-order valence-electron chi connectivity index (χ4n) is 1.40. The lowest BCUT2D eigenvalue weighted by Gasteiger charge is -1.97. The first-order valence-electron chi connectivity index (χ1n) is 5.47. The van der Waals surface area contributed by atoms with Crippen molar-refractivity contribution in [1.82, 2.24) is 9.97 Å². The number of ketones is 1. The average molecular weight is 256 g/mol. The topological polar surface area (TPSA) is 42.9 Å². The normalized spacial score (nSPS) is 10.7. The highest BCUT2D eigenvalue weighted by Crippen LogP contribution is 2.13. The van der Waals surface area contributed by atoms with Gasteiger partial charge < -0.3 is 0 Å². The van der Waals surface area contributed by atoms with Crippen LogP contribution in [0, 0.1) is 6.92 Å². The third-order valence-electron chi connectivity index (χ3n) is 2.24. The van der Waals surface area contributed by atoms with E-state index in [4.69, 9.17) is 0 Å². The number of hydrogen-bond acceptors (Lipinski definition) is 4. The van der Waals surface area contributed by atoms with Gasteiger partial charge in [0, 0.05) is 18.0 Å². The number of nitrogens with zero attached hydrogens (tertiary/aromatic N) is 2. The fourth-order valence-corrected chi connectivity index (χ4v) is 1.95. The van der Waals surface area contributed by atoms with Crippen LogP contribution in [0.25, 0.3) is 0 Å². The van der Waals surface area contributed by atoms with Crippen LogP contribution in [-0.4, -0.2) is 15.8 Å². The third-order valence-corrected chi connectivity index (χ3v) is 2.93. The van der Waals surface area contributed by atoms with Crippen molar-refractivity contribution in [2.24, 2.45) is 0 Å². The molecule has 0 saturated carbocycles. The molecule has 90 valence electrons. The van der Waals surface area contributed by atoms with Gasteiger partial charge in [-0.05, 0) is 30.5 Å². The van der Waals surface area contributed by atoms with Crippen LogP contribution >= 0.6 is 11.8 Å². The van der Waals surface area contributed by atoms with Gasteiger partial charge in [0.1, 0.15) is 0 Å². The quantitative estimate of drug-likeness (QED) is 0.364. The van der Waals surface area contributed by atoms with E-state index in [1.807, 2.05) is 31.2 Å². The Morgan fingerprint density at radius 2 is 2.00 bits per heavy atom. The van der Waals surface area contributed by atoms with Crippen molar-refractivity contribution in [3.63, 3.8) is 0 Å². The minimum Gasteiger partial charge on any atom is -0.289 e. The van der Waals surface area contributed by atoms with Gasteiger partial charge in [0.25, 0.3) is 0 Å². The number of hydrogen-bond donors (Lipinski definition) is 0. The summed E-state index contributed by atoms with van der Waals surface area (Å²) in [7, 11) is 0. The first kappa shape index (κ1) is 12.5. The standard InChI is InChI=1S/C14H12N2OS/c1-11-4-2-5-12(10-11)13(17)6-9-18-14-15-7-3-8-16-14/h2-10H,1H3. The second-order valence-electron chi connectivity index (χ2n) is 3.69. The Hall–Kier alpha value is -1.94. The van der Waals surface area contributed by atoms with Crippen LogP contribution in [0.15, 0.2) is 59.4 Å². The van der Waals surface area contributed by atoms with Gasteiger partial charge in [0.15, 0.2) is 10.9 Å². The number of aryl methyl sites for hydroxylation is 1. The van der Waals surface area contributed by atoms with E-state index in [-0.39, 0.29) is 5.78 Å². The van der Waals surface area contributed by atoms with Crippen molar-refractivity contribution in [1.29, 1.82) is 0 Å². The molecule has 0 saturated heterocycles. The van der Waals surface area contributed by atoms with Gasteiger partial charge in [-0.25, -0.2) is 9.97 Å². The number of benzene rings is 1. The molecule has 0 aliphatic heterocycles. The summed E-state index contributed by atoms with van der Waals surface area (Å²) in [5.41, 5.74) is 1.77. The lowest BCUT2D eigenvalue weighted by molar-refractivity contribution is 0.104. The summed E-state index contributed by atoms with van der Waals surface area (Å²) in [5, 5.41) is 2.34. The average Bonchev–Trinajstić information content (AvgIpc) is 2.40. The van der Waals surface area contributed by atoms with Crippen molar-refractivity contribution in [2.45, 2.75) is 12.1 Å². The van der Waals surface area contributed by atoms with E-state index < -0.39 is 0 Å². The molecule has 0 fully saturated rings. The molecular weight excluding hydrogens is 244 g/mol. The Bertz CT molecular complexity index is 567. The minimum absolute atomic E-state index is 0.0119. The Morgan fingerprint density at radius 3 is 2.72 bits per heavy atom. The first-order chi connectivity index (χ1) is 8.75. The van der Waals surface area contributed by atoms with Crippen LogP contribution < -0.4 is 0 Å². The molecule has 0 aliphatic rings. The van der Waals surface area contributed by atoms with Crippen molar-refractivity contribution in [3.8, 4) is 0 Å². The Labute approximate surface area is 110 Å². The fraction of sp³-hybridized carbons (Fsp3) is 0.0714. The van der Waals surface area contributed by atoms with Crippen LogP contribution in [0.3, 0.4) is 0 Å². The van der Waals surface area contributed by atoms with E-state index in [9.17, 15) is 4.79 Å². The molecule has 4 heteroatoms. The second-order valence-corrected chi connectivity index (χ2v) is 4.56. The molecule has 0 unspecified atom stereocenters. The summed E-state index contributed by atoms with van der Waals surface area (Å²) in [4.78, 5) is 19.9. The van der Waals surface area contributed by atoms with Crippen molar-refractivity contribution in [3.05, 3.63) is 65.3 Å². The maximum Gasteiger partial charge on any atom is 0.191 e. The molecule has 0 N–H and O–H groups in total. The summed E-state index contributed by atoms with van der Waals surface area (Å²) >= 11 is 1.32. The molecule has 1 aromatic carbocycles. The highest BCUT2D eigenvalue weighted by Gasteiger charge is 2.01. The molecule has 3 nitrogen and oxygen atoms in total. The number of allylic oxidation sites excluding steroid dienone is 1. The van der Waals surface area contributed by atoms with Crippen molar-refractivity contribution >= 4 is 17.5 Å². The van der Waals surface area contributed by atoms with Crippen LogP contribution in [0.2, 0.25) is 0 Å². The molecule has 0 bridgehead atoms. The van der Waals surface area contributed by atoms with Gasteiger partial charge >= 0.3 is 0 Å². The zero-order valence-electron chi connectivity index (χ0n) is 9.91. The van der Waals surface area contributed by atoms with Gasteiger partial charge in [-0.15, -0.1) is 0 Å². The molecule has 0 aliphatic carbocycles. The molecular formula is C14H12N2OS. The maximum absolute atomic E-state index is 11.8. The number of carbonyl (C=O) groups excluding carboxylic acids is 1. The third kappa shape index (κ3) is 3.53. The second kappa shape index (κ2) is 6.12. The highest BCUT2D eigenvalue weighted by molar-refractivity contribution is 8.02. The maximum atomic E-state index is 11.8.